The molecule has 6 bridgehead atoms. The summed E-state index contributed by atoms with van der Waals surface area (Å²) in [6.45, 7) is 16.5. The summed E-state index contributed by atoms with van der Waals surface area (Å²) >= 11 is 0. The number of piperidine rings is 9. The molecule has 13 nitrogen and oxygen atoms in total. The van der Waals surface area contributed by atoms with E-state index in [1.54, 1.807) is 32.8 Å². The van der Waals surface area contributed by atoms with Gasteiger partial charge in [0, 0.05) is 72.5 Å². The molecule has 3 aromatic carbocycles. The van der Waals surface area contributed by atoms with Gasteiger partial charge in [0.05, 0.1) is 55.7 Å². The molecule has 14 atom stereocenters. The molecule has 422 valence electrons. The first-order valence-corrected chi connectivity index (χ1v) is 26.8. The SMILES string of the molecule is Br.C.C.C.C/C=C1\CN2CCC1CC2C(O)c1ccnc2ccc(OCCO)cc12.C=CC1CN2CCC1CC2C(O)c1ccnc2ccc(OC)cc12.C=CC1CN2CCC1CC2C(O)c1ccnc2ccc(OC)cc12. The largest absolute Gasteiger partial charge is 0.497 e. The number of aliphatic hydroxyl groups excluding tert-OH is 4. The van der Waals surface area contributed by atoms with Gasteiger partial charge in [-0.3, -0.25) is 29.7 Å². The van der Waals surface area contributed by atoms with Crippen LogP contribution in [0.5, 0.6) is 17.2 Å². The number of aliphatic hydroxyl groups is 4. The van der Waals surface area contributed by atoms with E-state index in [0.717, 1.165) is 119 Å². The predicted molar refractivity (Wildman–Crippen MR) is 322 cm³/mol. The van der Waals surface area contributed by atoms with Crippen molar-refractivity contribution < 1.29 is 34.6 Å². The molecule has 9 aliphatic heterocycles. The number of rotatable bonds is 13. The van der Waals surface area contributed by atoms with Crippen LogP contribution < -0.4 is 14.2 Å². The monoisotopic (exact) mass is 1130 g/mol. The first-order valence-electron chi connectivity index (χ1n) is 26.8. The number of aromatic nitrogens is 3. The van der Waals surface area contributed by atoms with Gasteiger partial charge < -0.3 is 34.6 Å². The maximum Gasteiger partial charge on any atom is 0.120 e. The highest BCUT2D eigenvalue weighted by Crippen LogP contribution is 2.45. The van der Waals surface area contributed by atoms with Crippen LogP contribution in [0, 0.1) is 29.6 Å². The van der Waals surface area contributed by atoms with Gasteiger partial charge in [-0.25, -0.2) is 0 Å². The lowest BCUT2D eigenvalue weighted by atomic mass is 9.73. The number of allylic oxidation sites excluding steroid dienone is 1. The van der Waals surface area contributed by atoms with Crippen molar-refractivity contribution in [1.29, 1.82) is 0 Å². The zero-order chi connectivity index (χ0) is 51.5. The van der Waals surface area contributed by atoms with Crippen molar-refractivity contribution >= 4 is 49.7 Å². The van der Waals surface area contributed by atoms with E-state index in [2.05, 4.69) is 68.0 Å². The van der Waals surface area contributed by atoms with Gasteiger partial charge in [-0.1, -0.05) is 46.1 Å². The summed E-state index contributed by atoms with van der Waals surface area (Å²) in [5, 5.41) is 45.4. The Kier molecular flexibility index (Phi) is 22.0. The number of methoxy groups -OCH3 is 2. The van der Waals surface area contributed by atoms with Crippen molar-refractivity contribution in [2.24, 2.45) is 29.6 Å². The van der Waals surface area contributed by atoms with Gasteiger partial charge in [0.25, 0.3) is 0 Å². The third kappa shape index (κ3) is 12.7. The minimum Gasteiger partial charge on any atom is -0.497 e. The molecule has 9 saturated heterocycles. The van der Waals surface area contributed by atoms with Gasteiger partial charge >= 0.3 is 0 Å². The molecule has 0 spiro atoms. The lowest BCUT2D eigenvalue weighted by Gasteiger charge is -2.50. The number of hydrogen-bond donors (Lipinski definition) is 4. The number of fused-ring (bicyclic) bond motifs is 12. The number of hydrogen-bond acceptors (Lipinski definition) is 13. The van der Waals surface area contributed by atoms with E-state index >= 15 is 0 Å². The lowest BCUT2D eigenvalue weighted by molar-refractivity contribution is -0.0445. The Balaban J connectivity index is 0.000000185. The third-order valence-electron chi connectivity index (χ3n) is 17.5. The van der Waals surface area contributed by atoms with Crippen LogP contribution in [0.15, 0.2) is 128 Å². The Morgan fingerprint density at radius 3 is 1.36 bits per heavy atom. The maximum atomic E-state index is 11.2. The Bertz CT molecular complexity index is 2850. The molecule has 0 amide bonds. The molecule has 0 saturated carbocycles. The molecular formula is C64H87BrN6O7. The summed E-state index contributed by atoms with van der Waals surface area (Å²) in [5.41, 5.74) is 6.96. The predicted octanol–water partition coefficient (Wildman–Crippen LogP) is 11.5. The summed E-state index contributed by atoms with van der Waals surface area (Å²) in [4.78, 5) is 20.6. The van der Waals surface area contributed by atoms with Crippen molar-refractivity contribution in [1.82, 2.24) is 29.7 Å². The summed E-state index contributed by atoms with van der Waals surface area (Å²) < 4.78 is 16.2. The fourth-order valence-corrected chi connectivity index (χ4v) is 13.4. The normalized spacial score (nSPS) is 27.9. The van der Waals surface area contributed by atoms with Crippen LogP contribution in [0.25, 0.3) is 32.7 Å². The Morgan fingerprint density at radius 2 is 1.00 bits per heavy atom. The van der Waals surface area contributed by atoms with Crippen molar-refractivity contribution in [2.75, 3.05) is 66.7 Å². The first kappa shape index (κ1) is 61.9. The molecule has 15 rings (SSSR count). The van der Waals surface area contributed by atoms with Crippen molar-refractivity contribution in [3.8, 4) is 17.2 Å². The van der Waals surface area contributed by atoms with E-state index in [9.17, 15) is 15.3 Å². The Labute approximate surface area is 474 Å². The molecule has 3 aromatic heterocycles. The highest BCUT2D eigenvalue weighted by atomic mass is 79.9. The van der Waals surface area contributed by atoms with Crippen LogP contribution in [0.1, 0.15) is 103 Å². The molecule has 0 radical (unpaired) electrons. The summed E-state index contributed by atoms with van der Waals surface area (Å²) in [7, 11) is 3.32. The summed E-state index contributed by atoms with van der Waals surface area (Å²) in [5.74, 6) is 5.30. The van der Waals surface area contributed by atoms with Gasteiger partial charge in [0.2, 0.25) is 0 Å². The molecule has 14 unspecified atom stereocenters. The van der Waals surface area contributed by atoms with E-state index in [1.165, 1.54) is 24.8 Å². The van der Waals surface area contributed by atoms with Crippen molar-refractivity contribution in [3.05, 3.63) is 145 Å². The number of halogens is 1. The average Bonchev–Trinajstić information content (AvgIpc) is 3.61. The second-order valence-electron chi connectivity index (χ2n) is 21.2. The zero-order valence-electron chi connectivity index (χ0n) is 43.7. The quantitative estimate of drug-likeness (QED) is 0.0811. The smallest absolute Gasteiger partial charge is 0.120 e. The molecule has 6 aromatic rings. The number of pyridine rings is 3. The van der Waals surface area contributed by atoms with Crippen LogP contribution >= 0.6 is 17.0 Å². The second-order valence-corrected chi connectivity index (χ2v) is 21.2. The molecule has 14 heteroatoms. The minimum atomic E-state index is -0.546. The van der Waals surface area contributed by atoms with Crippen LogP contribution in [-0.2, 0) is 0 Å². The van der Waals surface area contributed by atoms with Crippen LogP contribution in [-0.4, -0.2) is 135 Å². The van der Waals surface area contributed by atoms with Gasteiger partial charge in [0.15, 0.2) is 0 Å². The topological polar surface area (TPSA) is 157 Å². The van der Waals surface area contributed by atoms with Gasteiger partial charge in [0.1, 0.15) is 23.9 Å². The second kappa shape index (κ2) is 27.7. The average molecular weight is 1130 g/mol. The molecular weight excluding hydrogens is 1040 g/mol. The van der Waals surface area contributed by atoms with Gasteiger partial charge in [-0.15, -0.1) is 30.1 Å². The summed E-state index contributed by atoms with van der Waals surface area (Å²) in [6, 6.07) is 23.7. The molecule has 9 fully saturated rings. The van der Waals surface area contributed by atoms with E-state index in [0.29, 0.717) is 35.3 Å². The summed E-state index contributed by atoms with van der Waals surface area (Å²) in [6.07, 6.45) is 16.9. The van der Waals surface area contributed by atoms with Crippen LogP contribution in [0.4, 0.5) is 0 Å². The highest BCUT2D eigenvalue weighted by molar-refractivity contribution is 8.93. The van der Waals surface area contributed by atoms with Gasteiger partial charge in [-0.05, 0) is 184 Å². The lowest BCUT2D eigenvalue weighted by Crippen LogP contribution is -2.54. The highest BCUT2D eigenvalue weighted by Gasteiger charge is 2.44. The molecule has 78 heavy (non-hydrogen) atoms. The number of nitrogens with zero attached hydrogens (tertiary/aromatic N) is 6. The number of benzene rings is 3. The Morgan fingerprint density at radius 1 is 0.590 bits per heavy atom. The van der Waals surface area contributed by atoms with Crippen molar-refractivity contribution in [2.45, 2.75) is 104 Å². The minimum absolute atomic E-state index is 0. The number of ether oxygens (including phenoxy) is 3. The van der Waals surface area contributed by atoms with Gasteiger partial charge in [-0.2, -0.15) is 0 Å². The van der Waals surface area contributed by atoms with E-state index in [1.807, 2.05) is 72.8 Å². The third-order valence-corrected chi connectivity index (χ3v) is 17.5. The fourth-order valence-electron chi connectivity index (χ4n) is 13.4. The van der Waals surface area contributed by atoms with E-state index in [-0.39, 0.29) is 70.6 Å². The molecule has 12 heterocycles. The standard InChI is InChI=1S/C21H26N2O3.2C20H24N2O2.3CH4.BrH/c1-2-14-13-23-8-6-15(14)11-20(23)21(25)17-5-7-22-19-4-3-16(12-18(17)19)26-10-9-24;2*1-3-13-12-22-9-7-14(13)10-19(22)20(23)16-6-8-21-18-5-4-15(24-2)11-17(16)18;;;;/h2-5,7,12,15,20-21,24-25H,6,8-11,13H2,1H3;2*3-6,8,11,13-14,19-20,23H,1,7,9-10,12H2,2H3;3*1H4;1H/b14-2+;;;;;;. The van der Waals surface area contributed by atoms with Crippen molar-refractivity contribution in [3.63, 3.8) is 0 Å². The zero-order valence-corrected chi connectivity index (χ0v) is 45.4. The van der Waals surface area contributed by atoms with Crippen LogP contribution in [0.2, 0.25) is 0 Å². The molecule has 9 aliphatic rings. The molecule has 0 aliphatic carbocycles. The van der Waals surface area contributed by atoms with E-state index < -0.39 is 18.3 Å². The Hall–Kier alpha value is -5.29. The first-order chi connectivity index (χ1) is 36.1. The van der Waals surface area contributed by atoms with Crippen LogP contribution in [0.3, 0.4) is 0 Å². The maximum absolute atomic E-state index is 11.2. The fraction of sp³-hybridized carbons (Fsp3) is 0.484. The van der Waals surface area contributed by atoms with E-state index in [4.69, 9.17) is 19.3 Å². The molecule has 4 N–H and O–H groups in total.